The average molecular weight is 223 g/mol. The minimum Gasteiger partial charge on any atom is -0.480 e. The standard InChI is InChI=1S/C10H13N3O3/c1-13-5-7(4-11-13)9(14)12-8(10(15)16)6-2-3-6/h4-6,8H,2-3H2,1H3,(H,12,14)(H,15,16). The second-order valence-corrected chi connectivity index (χ2v) is 4.03. The van der Waals surface area contributed by atoms with E-state index in [0.29, 0.717) is 5.56 Å². The Kier molecular flexibility index (Phi) is 2.64. The summed E-state index contributed by atoms with van der Waals surface area (Å²) in [5.41, 5.74) is 0.384. The molecular weight excluding hydrogens is 210 g/mol. The summed E-state index contributed by atoms with van der Waals surface area (Å²) in [6, 6.07) is -0.771. The molecule has 1 unspecified atom stereocenters. The van der Waals surface area contributed by atoms with Crippen LogP contribution in [0.2, 0.25) is 0 Å². The molecule has 1 atom stereocenters. The summed E-state index contributed by atoms with van der Waals surface area (Å²) in [4.78, 5) is 22.6. The first-order chi connectivity index (χ1) is 7.58. The maximum absolute atomic E-state index is 11.7. The van der Waals surface area contributed by atoms with Crippen molar-refractivity contribution in [1.82, 2.24) is 15.1 Å². The maximum atomic E-state index is 11.7. The Labute approximate surface area is 92.3 Å². The molecule has 1 aliphatic carbocycles. The molecular formula is C10H13N3O3. The van der Waals surface area contributed by atoms with Crippen molar-refractivity contribution >= 4 is 11.9 Å². The number of nitrogens with one attached hydrogen (secondary N) is 1. The highest BCUT2D eigenvalue weighted by Gasteiger charge is 2.37. The van der Waals surface area contributed by atoms with Gasteiger partial charge in [0.05, 0.1) is 11.8 Å². The smallest absolute Gasteiger partial charge is 0.326 e. The molecule has 1 fully saturated rings. The maximum Gasteiger partial charge on any atom is 0.326 e. The van der Waals surface area contributed by atoms with E-state index in [1.165, 1.54) is 10.9 Å². The summed E-state index contributed by atoms with van der Waals surface area (Å²) >= 11 is 0. The molecule has 0 bridgehead atoms. The van der Waals surface area contributed by atoms with Crippen LogP contribution in [0.5, 0.6) is 0 Å². The molecule has 86 valence electrons. The number of carboxylic acid groups (broad SMARTS) is 1. The zero-order valence-electron chi connectivity index (χ0n) is 8.88. The molecule has 1 aromatic heterocycles. The van der Waals surface area contributed by atoms with Gasteiger partial charge in [-0.25, -0.2) is 4.79 Å². The predicted molar refractivity (Wildman–Crippen MR) is 54.8 cm³/mol. The Morgan fingerprint density at radius 1 is 1.62 bits per heavy atom. The molecule has 0 saturated heterocycles. The van der Waals surface area contributed by atoms with E-state index in [1.807, 2.05) is 0 Å². The predicted octanol–water partition coefficient (Wildman–Crippen LogP) is 0.0131. The fraction of sp³-hybridized carbons (Fsp3) is 0.500. The van der Waals surface area contributed by atoms with Crippen LogP contribution in [0.4, 0.5) is 0 Å². The van der Waals surface area contributed by atoms with Crippen LogP contribution in [0.1, 0.15) is 23.2 Å². The summed E-state index contributed by atoms with van der Waals surface area (Å²) in [6.45, 7) is 0. The lowest BCUT2D eigenvalue weighted by Gasteiger charge is -2.12. The molecule has 1 aliphatic rings. The van der Waals surface area contributed by atoms with Gasteiger partial charge in [-0.2, -0.15) is 5.10 Å². The number of aromatic nitrogens is 2. The number of rotatable bonds is 4. The minimum absolute atomic E-state index is 0.0816. The summed E-state index contributed by atoms with van der Waals surface area (Å²) in [6.07, 6.45) is 4.71. The lowest BCUT2D eigenvalue weighted by Crippen LogP contribution is -2.42. The molecule has 1 amide bonds. The SMILES string of the molecule is Cn1cc(C(=O)NC(C(=O)O)C2CC2)cn1. The van der Waals surface area contributed by atoms with Crippen molar-refractivity contribution in [3.8, 4) is 0 Å². The van der Waals surface area contributed by atoms with Gasteiger partial charge in [-0.1, -0.05) is 0 Å². The van der Waals surface area contributed by atoms with E-state index in [4.69, 9.17) is 5.11 Å². The van der Waals surface area contributed by atoms with Gasteiger partial charge in [-0.05, 0) is 18.8 Å². The van der Waals surface area contributed by atoms with Gasteiger partial charge in [-0.3, -0.25) is 9.48 Å². The van der Waals surface area contributed by atoms with Crippen LogP contribution < -0.4 is 5.32 Å². The Bertz CT molecular complexity index is 423. The van der Waals surface area contributed by atoms with Gasteiger partial charge in [0.1, 0.15) is 6.04 Å². The Morgan fingerprint density at radius 3 is 2.75 bits per heavy atom. The van der Waals surface area contributed by atoms with Crippen LogP contribution >= 0.6 is 0 Å². The lowest BCUT2D eigenvalue weighted by atomic mass is 10.2. The minimum atomic E-state index is -0.972. The van der Waals surface area contributed by atoms with E-state index in [0.717, 1.165) is 12.8 Å². The number of carbonyl (C=O) groups excluding carboxylic acids is 1. The molecule has 1 aromatic rings. The van der Waals surface area contributed by atoms with Crippen LogP contribution in [-0.4, -0.2) is 32.8 Å². The van der Waals surface area contributed by atoms with Crippen LogP contribution in [-0.2, 0) is 11.8 Å². The van der Waals surface area contributed by atoms with E-state index in [1.54, 1.807) is 13.2 Å². The molecule has 1 saturated carbocycles. The van der Waals surface area contributed by atoms with E-state index in [2.05, 4.69) is 10.4 Å². The third kappa shape index (κ3) is 2.21. The highest BCUT2D eigenvalue weighted by Crippen LogP contribution is 2.32. The largest absolute Gasteiger partial charge is 0.480 e. The van der Waals surface area contributed by atoms with Gasteiger partial charge >= 0.3 is 5.97 Å². The zero-order valence-corrected chi connectivity index (χ0v) is 8.88. The van der Waals surface area contributed by atoms with Gasteiger partial charge in [0.15, 0.2) is 0 Å². The van der Waals surface area contributed by atoms with E-state index in [-0.39, 0.29) is 11.8 Å². The van der Waals surface area contributed by atoms with E-state index < -0.39 is 12.0 Å². The first-order valence-corrected chi connectivity index (χ1v) is 5.10. The van der Waals surface area contributed by atoms with Crippen LogP contribution in [0.3, 0.4) is 0 Å². The Morgan fingerprint density at radius 2 is 2.31 bits per heavy atom. The van der Waals surface area contributed by atoms with E-state index >= 15 is 0 Å². The fourth-order valence-electron chi connectivity index (χ4n) is 1.57. The first kappa shape index (κ1) is 10.7. The third-order valence-electron chi connectivity index (χ3n) is 2.61. The number of amides is 1. The molecule has 2 N–H and O–H groups in total. The van der Waals surface area contributed by atoms with Crippen LogP contribution in [0, 0.1) is 5.92 Å². The molecule has 6 nitrogen and oxygen atoms in total. The molecule has 0 spiro atoms. The van der Waals surface area contributed by atoms with Crippen molar-refractivity contribution in [3.05, 3.63) is 18.0 Å². The van der Waals surface area contributed by atoms with Crippen molar-refractivity contribution in [2.75, 3.05) is 0 Å². The highest BCUT2D eigenvalue weighted by atomic mass is 16.4. The quantitative estimate of drug-likeness (QED) is 0.753. The molecule has 2 rings (SSSR count). The van der Waals surface area contributed by atoms with Crippen molar-refractivity contribution in [2.24, 2.45) is 13.0 Å². The van der Waals surface area contributed by atoms with Crippen LogP contribution in [0.25, 0.3) is 0 Å². The number of carbonyl (C=O) groups is 2. The lowest BCUT2D eigenvalue weighted by molar-refractivity contribution is -0.139. The summed E-state index contributed by atoms with van der Waals surface area (Å²) in [7, 11) is 1.70. The highest BCUT2D eigenvalue weighted by molar-refractivity contribution is 5.96. The second-order valence-electron chi connectivity index (χ2n) is 4.03. The first-order valence-electron chi connectivity index (χ1n) is 5.10. The Balaban J connectivity index is 2.02. The number of aliphatic carboxylic acids is 1. The number of nitrogens with zero attached hydrogens (tertiary/aromatic N) is 2. The van der Waals surface area contributed by atoms with Gasteiger partial charge in [0.2, 0.25) is 0 Å². The van der Waals surface area contributed by atoms with Gasteiger partial charge in [0.25, 0.3) is 5.91 Å². The summed E-state index contributed by atoms with van der Waals surface area (Å²) in [5, 5.41) is 15.3. The third-order valence-corrected chi connectivity index (χ3v) is 2.61. The van der Waals surface area contributed by atoms with E-state index in [9.17, 15) is 9.59 Å². The molecule has 0 aliphatic heterocycles. The van der Waals surface area contributed by atoms with Crippen molar-refractivity contribution in [1.29, 1.82) is 0 Å². The normalized spacial score (nSPS) is 16.8. The number of carboxylic acids is 1. The van der Waals surface area contributed by atoms with Gasteiger partial charge < -0.3 is 10.4 Å². The molecule has 0 aromatic carbocycles. The molecule has 0 radical (unpaired) electrons. The average Bonchev–Trinajstić information content (AvgIpc) is 2.96. The van der Waals surface area contributed by atoms with Crippen LogP contribution in [0.15, 0.2) is 12.4 Å². The topological polar surface area (TPSA) is 84.2 Å². The summed E-state index contributed by atoms with van der Waals surface area (Å²) in [5.74, 6) is -1.27. The van der Waals surface area contributed by atoms with Gasteiger partial charge in [-0.15, -0.1) is 0 Å². The van der Waals surface area contributed by atoms with Gasteiger partial charge in [0, 0.05) is 13.2 Å². The number of hydrogen-bond acceptors (Lipinski definition) is 3. The zero-order chi connectivity index (χ0) is 11.7. The van der Waals surface area contributed by atoms with Crippen molar-refractivity contribution < 1.29 is 14.7 Å². The van der Waals surface area contributed by atoms with Crippen molar-refractivity contribution in [2.45, 2.75) is 18.9 Å². The molecule has 16 heavy (non-hydrogen) atoms. The Hall–Kier alpha value is -1.85. The second kappa shape index (κ2) is 3.96. The number of aryl methyl sites for hydroxylation is 1. The summed E-state index contributed by atoms with van der Waals surface area (Å²) < 4.78 is 1.50. The molecule has 6 heteroatoms. The fourth-order valence-corrected chi connectivity index (χ4v) is 1.57. The monoisotopic (exact) mass is 223 g/mol. The molecule has 1 heterocycles. The number of hydrogen-bond donors (Lipinski definition) is 2. The van der Waals surface area contributed by atoms with Crippen molar-refractivity contribution in [3.63, 3.8) is 0 Å².